The van der Waals surface area contributed by atoms with E-state index < -0.39 is 11.7 Å². The van der Waals surface area contributed by atoms with Gasteiger partial charge in [-0.3, -0.25) is 4.68 Å². The lowest BCUT2D eigenvalue weighted by Gasteiger charge is -2.13. The Balaban J connectivity index is 1.74. The first-order chi connectivity index (χ1) is 15.7. The fraction of sp³-hybridized carbons (Fsp3) is 0.250. The Hall–Kier alpha value is -3.75. The molecule has 4 aromatic rings. The molecule has 0 aliphatic rings. The second-order valence-electron chi connectivity index (χ2n) is 7.66. The number of aryl methyl sites for hydroxylation is 3. The Bertz CT molecular complexity index is 1300. The van der Waals surface area contributed by atoms with Crippen LogP contribution in [0.2, 0.25) is 0 Å². The summed E-state index contributed by atoms with van der Waals surface area (Å²) in [5.41, 5.74) is 3.42. The third kappa shape index (κ3) is 4.30. The van der Waals surface area contributed by atoms with E-state index in [-0.39, 0.29) is 17.1 Å². The highest BCUT2D eigenvalue weighted by Crippen LogP contribution is 2.38. The van der Waals surface area contributed by atoms with Crippen LogP contribution in [0.1, 0.15) is 29.2 Å². The molecule has 170 valence electrons. The predicted molar refractivity (Wildman–Crippen MR) is 116 cm³/mol. The largest absolute Gasteiger partial charge is 0.417 e. The molecule has 0 fully saturated rings. The van der Waals surface area contributed by atoms with Gasteiger partial charge in [0.15, 0.2) is 5.69 Å². The molecule has 2 heterocycles. The number of nitrogens with zero attached hydrogens (tertiary/aromatic N) is 4. The SMILES string of the molecule is CCn1nc(-c2nc(-c3cc(C)c(CC=O)c(C)c3)no2)cc1-c1ccccc1C(F)(F)F. The third-order valence-corrected chi connectivity index (χ3v) is 5.47. The zero-order valence-electron chi connectivity index (χ0n) is 18.3. The number of hydrogen-bond donors (Lipinski definition) is 0. The summed E-state index contributed by atoms with van der Waals surface area (Å²) in [6.45, 7) is 5.97. The number of rotatable bonds is 6. The summed E-state index contributed by atoms with van der Waals surface area (Å²) in [6.07, 6.45) is -3.31. The fourth-order valence-corrected chi connectivity index (χ4v) is 3.91. The summed E-state index contributed by atoms with van der Waals surface area (Å²) in [5.74, 6) is 0.437. The Labute approximate surface area is 188 Å². The molecule has 0 saturated heterocycles. The van der Waals surface area contributed by atoms with Crippen molar-refractivity contribution in [2.24, 2.45) is 0 Å². The van der Waals surface area contributed by atoms with Crippen molar-refractivity contribution in [1.82, 2.24) is 19.9 Å². The molecule has 0 bridgehead atoms. The van der Waals surface area contributed by atoms with Crippen LogP contribution in [0, 0.1) is 13.8 Å². The van der Waals surface area contributed by atoms with Crippen molar-refractivity contribution in [2.45, 2.75) is 39.9 Å². The van der Waals surface area contributed by atoms with Gasteiger partial charge in [-0.05, 0) is 61.7 Å². The van der Waals surface area contributed by atoms with Gasteiger partial charge in [0.1, 0.15) is 6.29 Å². The maximum atomic E-state index is 13.5. The monoisotopic (exact) mass is 454 g/mol. The van der Waals surface area contributed by atoms with Gasteiger partial charge >= 0.3 is 6.18 Å². The molecular formula is C24H21F3N4O2. The van der Waals surface area contributed by atoms with Crippen molar-refractivity contribution >= 4 is 6.29 Å². The molecule has 0 unspecified atom stereocenters. The molecule has 0 amide bonds. The van der Waals surface area contributed by atoms with Crippen molar-refractivity contribution in [2.75, 3.05) is 0 Å². The maximum absolute atomic E-state index is 13.5. The van der Waals surface area contributed by atoms with Gasteiger partial charge in [-0.25, -0.2) is 0 Å². The fourth-order valence-electron chi connectivity index (χ4n) is 3.91. The van der Waals surface area contributed by atoms with E-state index in [1.165, 1.54) is 22.9 Å². The van der Waals surface area contributed by atoms with E-state index >= 15 is 0 Å². The quantitative estimate of drug-likeness (QED) is 0.351. The standard InChI is InChI=1S/C24H21F3N4O2/c1-4-31-21(18-7-5-6-8-19(18)24(25,26)27)13-20(29-31)23-28-22(30-33-23)16-11-14(2)17(9-10-32)15(3)12-16/h5-8,10-13H,4,9H2,1-3H3. The number of hydrogen-bond acceptors (Lipinski definition) is 5. The van der Waals surface area contributed by atoms with Crippen molar-refractivity contribution in [1.29, 1.82) is 0 Å². The Kier molecular flexibility index (Phi) is 5.88. The minimum absolute atomic E-state index is 0.0300. The van der Waals surface area contributed by atoms with Gasteiger partial charge in [-0.15, -0.1) is 0 Å². The van der Waals surface area contributed by atoms with E-state index in [1.54, 1.807) is 13.0 Å². The van der Waals surface area contributed by atoms with E-state index in [2.05, 4.69) is 15.2 Å². The van der Waals surface area contributed by atoms with Crippen LogP contribution >= 0.6 is 0 Å². The zero-order valence-corrected chi connectivity index (χ0v) is 18.3. The van der Waals surface area contributed by atoms with Crippen LogP contribution < -0.4 is 0 Å². The summed E-state index contributed by atoms with van der Waals surface area (Å²) >= 11 is 0. The molecule has 33 heavy (non-hydrogen) atoms. The van der Waals surface area contributed by atoms with Crippen molar-refractivity contribution in [3.05, 3.63) is 64.7 Å². The van der Waals surface area contributed by atoms with E-state index in [1.807, 2.05) is 26.0 Å². The second-order valence-corrected chi connectivity index (χ2v) is 7.66. The molecule has 2 aromatic heterocycles. The highest BCUT2D eigenvalue weighted by molar-refractivity contribution is 5.70. The van der Waals surface area contributed by atoms with E-state index in [0.717, 1.165) is 29.0 Å². The highest BCUT2D eigenvalue weighted by Gasteiger charge is 2.34. The van der Waals surface area contributed by atoms with Gasteiger partial charge < -0.3 is 9.32 Å². The van der Waals surface area contributed by atoms with Crippen LogP contribution in [0.15, 0.2) is 47.0 Å². The molecule has 0 aliphatic heterocycles. The molecule has 4 rings (SSSR count). The number of aromatic nitrogens is 4. The zero-order chi connectivity index (χ0) is 23.8. The van der Waals surface area contributed by atoms with Crippen LogP contribution in [0.4, 0.5) is 13.2 Å². The van der Waals surface area contributed by atoms with Crippen molar-refractivity contribution < 1.29 is 22.5 Å². The first-order valence-corrected chi connectivity index (χ1v) is 10.4. The average Bonchev–Trinajstić information content (AvgIpc) is 3.42. The average molecular weight is 454 g/mol. The van der Waals surface area contributed by atoms with Gasteiger partial charge in [0, 0.05) is 24.1 Å². The lowest BCUT2D eigenvalue weighted by Crippen LogP contribution is -2.09. The van der Waals surface area contributed by atoms with Crippen LogP contribution in [0.5, 0.6) is 0 Å². The van der Waals surface area contributed by atoms with Gasteiger partial charge in [0.25, 0.3) is 5.89 Å². The number of carbonyl (C=O) groups excluding carboxylic acids is 1. The van der Waals surface area contributed by atoms with Gasteiger partial charge in [-0.1, -0.05) is 23.4 Å². The lowest BCUT2D eigenvalue weighted by atomic mass is 9.97. The normalized spacial score (nSPS) is 11.7. The van der Waals surface area contributed by atoms with Crippen LogP contribution in [0.25, 0.3) is 34.2 Å². The van der Waals surface area contributed by atoms with Gasteiger partial charge in [0.2, 0.25) is 5.82 Å². The molecule has 9 heteroatoms. The molecule has 0 N–H and O–H groups in total. The summed E-state index contributed by atoms with van der Waals surface area (Å²) in [4.78, 5) is 15.3. The number of aldehydes is 1. The minimum atomic E-state index is -4.50. The Morgan fingerprint density at radius 2 is 1.79 bits per heavy atom. The van der Waals surface area contributed by atoms with E-state index in [0.29, 0.717) is 30.0 Å². The molecule has 2 aromatic carbocycles. The molecule has 0 radical (unpaired) electrons. The van der Waals surface area contributed by atoms with Gasteiger partial charge in [0.05, 0.1) is 11.3 Å². The summed E-state index contributed by atoms with van der Waals surface area (Å²) in [6, 6.07) is 10.6. The van der Waals surface area contributed by atoms with E-state index in [9.17, 15) is 18.0 Å². The third-order valence-electron chi connectivity index (χ3n) is 5.47. The first-order valence-electron chi connectivity index (χ1n) is 10.4. The molecule has 0 spiro atoms. The first kappa shape index (κ1) is 22.4. The number of carbonyl (C=O) groups is 1. The molecular weight excluding hydrogens is 433 g/mol. The van der Waals surface area contributed by atoms with Crippen molar-refractivity contribution in [3.63, 3.8) is 0 Å². The summed E-state index contributed by atoms with van der Waals surface area (Å²) in [5, 5.41) is 8.42. The Morgan fingerprint density at radius 3 is 2.42 bits per heavy atom. The summed E-state index contributed by atoms with van der Waals surface area (Å²) in [7, 11) is 0. The predicted octanol–water partition coefficient (Wildman–Crippen LogP) is 5.66. The molecule has 0 aliphatic carbocycles. The van der Waals surface area contributed by atoms with Crippen LogP contribution in [0.3, 0.4) is 0 Å². The maximum Gasteiger partial charge on any atom is 0.417 e. The Morgan fingerprint density at radius 1 is 1.09 bits per heavy atom. The van der Waals surface area contributed by atoms with Crippen LogP contribution in [-0.2, 0) is 23.9 Å². The van der Waals surface area contributed by atoms with E-state index in [4.69, 9.17) is 4.52 Å². The smallest absolute Gasteiger partial charge is 0.332 e. The minimum Gasteiger partial charge on any atom is -0.332 e. The number of alkyl halides is 3. The van der Waals surface area contributed by atoms with Crippen LogP contribution in [-0.4, -0.2) is 26.2 Å². The topological polar surface area (TPSA) is 73.8 Å². The summed E-state index contributed by atoms with van der Waals surface area (Å²) < 4.78 is 47.5. The molecule has 6 nitrogen and oxygen atoms in total. The molecule has 0 saturated carbocycles. The highest BCUT2D eigenvalue weighted by atomic mass is 19.4. The number of benzene rings is 2. The molecule has 0 atom stereocenters. The number of halogens is 3. The lowest BCUT2D eigenvalue weighted by molar-refractivity contribution is -0.137. The van der Waals surface area contributed by atoms with Crippen molar-refractivity contribution in [3.8, 4) is 34.2 Å². The second kappa shape index (κ2) is 8.65. The van der Waals surface area contributed by atoms with Gasteiger partial charge in [-0.2, -0.15) is 23.3 Å².